The molecule has 0 atom stereocenters. The zero-order valence-electron chi connectivity index (χ0n) is 7.33. The maximum absolute atomic E-state index is 9.30. The van der Waals surface area contributed by atoms with Crippen LogP contribution in [0.25, 0.3) is 6.08 Å². The van der Waals surface area contributed by atoms with Crippen molar-refractivity contribution < 1.29 is 5.11 Å². The number of phenols is 1. The van der Waals surface area contributed by atoms with Gasteiger partial charge in [-0.2, -0.15) is 10.5 Å². The highest BCUT2D eigenvalue weighted by Gasteiger charge is 2.05. The van der Waals surface area contributed by atoms with Crippen LogP contribution >= 0.6 is 23.2 Å². The zero-order chi connectivity index (χ0) is 11.4. The SMILES string of the molecule is N#CC(C#N)=Cc1cc(O)c(Cl)cc1Cl. The molecular weight excluding hydrogens is 235 g/mol. The largest absolute Gasteiger partial charge is 0.506 e. The van der Waals surface area contributed by atoms with Crippen molar-refractivity contribution in [1.29, 1.82) is 10.5 Å². The van der Waals surface area contributed by atoms with Crippen molar-refractivity contribution in [2.24, 2.45) is 0 Å². The number of phenolic OH excluding ortho intramolecular Hbond substituents is 1. The molecular formula is C10H4Cl2N2O. The van der Waals surface area contributed by atoms with Crippen LogP contribution in [-0.2, 0) is 0 Å². The Morgan fingerprint density at radius 1 is 1.20 bits per heavy atom. The summed E-state index contributed by atoms with van der Waals surface area (Å²) in [7, 11) is 0. The van der Waals surface area contributed by atoms with Gasteiger partial charge in [0.05, 0.1) is 5.02 Å². The maximum atomic E-state index is 9.30. The van der Waals surface area contributed by atoms with Gasteiger partial charge in [-0.05, 0) is 23.8 Å². The van der Waals surface area contributed by atoms with Crippen LogP contribution < -0.4 is 0 Å². The highest BCUT2D eigenvalue weighted by atomic mass is 35.5. The molecule has 1 N–H and O–H groups in total. The predicted molar refractivity (Wildman–Crippen MR) is 57.3 cm³/mol. The lowest BCUT2D eigenvalue weighted by molar-refractivity contribution is 0.475. The van der Waals surface area contributed by atoms with Gasteiger partial charge < -0.3 is 5.11 Å². The van der Waals surface area contributed by atoms with Crippen LogP contribution in [0.15, 0.2) is 17.7 Å². The second-order valence-electron chi connectivity index (χ2n) is 2.61. The van der Waals surface area contributed by atoms with Gasteiger partial charge in [0.2, 0.25) is 0 Å². The molecule has 0 heterocycles. The summed E-state index contributed by atoms with van der Waals surface area (Å²) in [5, 5.41) is 26.7. The predicted octanol–water partition coefficient (Wildman–Crippen LogP) is 3.13. The van der Waals surface area contributed by atoms with E-state index in [0.29, 0.717) is 5.56 Å². The van der Waals surface area contributed by atoms with E-state index < -0.39 is 0 Å². The van der Waals surface area contributed by atoms with Crippen molar-refractivity contribution in [1.82, 2.24) is 0 Å². The summed E-state index contributed by atoms with van der Waals surface area (Å²) in [5.74, 6) is -0.150. The van der Waals surface area contributed by atoms with E-state index >= 15 is 0 Å². The van der Waals surface area contributed by atoms with Crippen molar-refractivity contribution in [2.75, 3.05) is 0 Å². The van der Waals surface area contributed by atoms with Crippen molar-refractivity contribution in [3.8, 4) is 17.9 Å². The molecule has 0 amide bonds. The van der Waals surface area contributed by atoms with E-state index in [9.17, 15) is 5.11 Å². The van der Waals surface area contributed by atoms with Crippen molar-refractivity contribution >= 4 is 29.3 Å². The van der Waals surface area contributed by atoms with Crippen LogP contribution in [0, 0.1) is 22.7 Å². The van der Waals surface area contributed by atoms with Gasteiger partial charge in [-0.15, -0.1) is 0 Å². The minimum atomic E-state index is -0.150. The van der Waals surface area contributed by atoms with Crippen LogP contribution in [0.2, 0.25) is 10.0 Å². The fraction of sp³-hybridized carbons (Fsp3) is 0. The summed E-state index contributed by atoms with van der Waals surface area (Å²) in [6.07, 6.45) is 1.28. The second-order valence-corrected chi connectivity index (χ2v) is 3.42. The minimum Gasteiger partial charge on any atom is -0.506 e. The van der Waals surface area contributed by atoms with E-state index in [4.69, 9.17) is 33.7 Å². The van der Waals surface area contributed by atoms with E-state index in [1.54, 1.807) is 12.1 Å². The van der Waals surface area contributed by atoms with Gasteiger partial charge in [0, 0.05) is 5.02 Å². The minimum absolute atomic E-state index is 0.0985. The number of hydrogen-bond donors (Lipinski definition) is 1. The van der Waals surface area contributed by atoms with Crippen LogP contribution in [0.4, 0.5) is 0 Å². The Balaban J connectivity index is 3.30. The molecule has 0 saturated heterocycles. The summed E-state index contributed by atoms with van der Waals surface area (Å²) in [5.41, 5.74) is 0.273. The van der Waals surface area contributed by atoms with Crippen molar-refractivity contribution in [3.63, 3.8) is 0 Å². The van der Waals surface area contributed by atoms with Gasteiger partial charge in [0.15, 0.2) is 0 Å². The van der Waals surface area contributed by atoms with Crippen LogP contribution in [-0.4, -0.2) is 5.11 Å². The van der Waals surface area contributed by atoms with Crippen LogP contribution in [0.3, 0.4) is 0 Å². The summed E-state index contributed by atoms with van der Waals surface area (Å²) >= 11 is 11.4. The Labute approximate surface area is 96.4 Å². The molecule has 0 aliphatic heterocycles. The lowest BCUT2D eigenvalue weighted by Crippen LogP contribution is -1.79. The van der Waals surface area contributed by atoms with E-state index in [2.05, 4.69) is 0 Å². The topological polar surface area (TPSA) is 67.8 Å². The van der Waals surface area contributed by atoms with E-state index in [1.165, 1.54) is 18.2 Å². The first-order chi connectivity index (χ1) is 7.08. The maximum Gasteiger partial charge on any atom is 0.134 e. The Kier molecular flexibility index (Phi) is 3.57. The molecule has 0 aliphatic carbocycles. The normalized spacial score (nSPS) is 8.80. The molecule has 0 fully saturated rings. The van der Waals surface area contributed by atoms with Gasteiger partial charge in [-0.3, -0.25) is 0 Å². The third-order valence-electron chi connectivity index (χ3n) is 1.61. The molecule has 0 saturated carbocycles. The third kappa shape index (κ3) is 2.63. The smallest absolute Gasteiger partial charge is 0.134 e. The average molecular weight is 239 g/mol. The lowest BCUT2D eigenvalue weighted by atomic mass is 10.1. The molecule has 15 heavy (non-hydrogen) atoms. The van der Waals surface area contributed by atoms with Gasteiger partial charge >= 0.3 is 0 Å². The lowest BCUT2D eigenvalue weighted by Gasteiger charge is -2.01. The van der Waals surface area contributed by atoms with Crippen LogP contribution in [0.5, 0.6) is 5.75 Å². The molecule has 1 rings (SSSR count). The van der Waals surface area contributed by atoms with Crippen molar-refractivity contribution in [2.45, 2.75) is 0 Å². The van der Waals surface area contributed by atoms with E-state index in [-0.39, 0.29) is 21.4 Å². The molecule has 1 aromatic carbocycles. The van der Waals surface area contributed by atoms with Crippen LogP contribution in [0.1, 0.15) is 5.56 Å². The number of benzene rings is 1. The number of allylic oxidation sites excluding steroid dienone is 1. The fourth-order valence-electron chi connectivity index (χ4n) is 0.909. The molecule has 0 aliphatic rings. The van der Waals surface area contributed by atoms with Gasteiger partial charge in [0.25, 0.3) is 0 Å². The standard InChI is InChI=1S/C10H4Cl2N2O/c11-8-3-9(12)10(15)2-7(8)1-6(4-13)5-14/h1-3,15H. The quantitative estimate of drug-likeness (QED) is 0.765. The number of hydrogen-bond acceptors (Lipinski definition) is 3. The van der Waals surface area contributed by atoms with E-state index in [0.717, 1.165) is 0 Å². The number of nitriles is 2. The number of halogens is 2. The molecule has 5 heteroatoms. The Morgan fingerprint density at radius 3 is 2.33 bits per heavy atom. The Hall–Kier alpha value is -1.68. The van der Waals surface area contributed by atoms with Gasteiger partial charge in [-0.25, -0.2) is 0 Å². The molecule has 0 radical (unpaired) electrons. The summed E-state index contributed by atoms with van der Waals surface area (Å²) in [6.45, 7) is 0. The average Bonchev–Trinajstić information content (AvgIpc) is 2.21. The second kappa shape index (κ2) is 4.70. The number of rotatable bonds is 1. The Bertz CT molecular complexity index is 493. The Morgan fingerprint density at radius 2 is 1.80 bits per heavy atom. The highest BCUT2D eigenvalue weighted by molar-refractivity contribution is 6.36. The summed E-state index contributed by atoms with van der Waals surface area (Å²) in [4.78, 5) is 0. The molecule has 1 aromatic rings. The zero-order valence-corrected chi connectivity index (χ0v) is 8.84. The van der Waals surface area contributed by atoms with Gasteiger partial charge in [-0.1, -0.05) is 23.2 Å². The number of aromatic hydroxyl groups is 1. The monoisotopic (exact) mass is 238 g/mol. The molecule has 0 aromatic heterocycles. The number of nitrogens with zero attached hydrogens (tertiary/aromatic N) is 2. The fourth-order valence-corrected chi connectivity index (χ4v) is 1.35. The van der Waals surface area contributed by atoms with Crippen molar-refractivity contribution in [3.05, 3.63) is 33.3 Å². The van der Waals surface area contributed by atoms with Gasteiger partial charge in [0.1, 0.15) is 23.5 Å². The molecule has 0 spiro atoms. The first-order valence-corrected chi connectivity index (χ1v) is 4.54. The third-order valence-corrected chi connectivity index (χ3v) is 2.24. The first kappa shape index (κ1) is 11.4. The first-order valence-electron chi connectivity index (χ1n) is 3.78. The molecule has 74 valence electrons. The summed E-state index contributed by atoms with van der Waals surface area (Å²) in [6, 6.07) is 6.01. The highest BCUT2D eigenvalue weighted by Crippen LogP contribution is 2.31. The van der Waals surface area contributed by atoms with E-state index in [1.807, 2.05) is 0 Å². The molecule has 3 nitrogen and oxygen atoms in total. The molecule has 0 unspecified atom stereocenters. The molecule has 0 bridgehead atoms. The summed E-state index contributed by atoms with van der Waals surface area (Å²) < 4.78 is 0.